The van der Waals surface area contributed by atoms with Crippen molar-refractivity contribution >= 4 is 34.4 Å². The van der Waals surface area contributed by atoms with Crippen LogP contribution in [0.5, 0.6) is 0 Å². The number of nitrogens with zero attached hydrogens (tertiary/aromatic N) is 2. The van der Waals surface area contributed by atoms with Gasteiger partial charge in [0.1, 0.15) is 5.82 Å². The van der Waals surface area contributed by atoms with Gasteiger partial charge in [0.15, 0.2) is 10.9 Å². The number of aromatic nitrogens is 2. The van der Waals surface area contributed by atoms with E-state index in [9.17, 15) is 18.8 Å². The molecule has 3 aromatic rings. The van der Waals surface area contributed by atoms with Crippen LogP contribution < -0.4 is 5.56 Å². The summed E-state index contributed by atoms with van der Waals surface area (Å²) in [6.45, 7) is 1.08. The zero-order valence-electron chi connectivity index (χ0n) is 18.8. The Bertz CT molecular complexity index is 1250. The maximum Gasteiger partial charge on any atom is 0.337 e. The van der Waals surface area contributed by atoms with Gasteiger partial charge < -0.3 is 9.47 Å². The van der Waals surface area contributed by atoms with Crippen LogP contribution in [0.4, 0.5) is 4.39 Å². The van der Waals surface area contributed by atoms with Crippen LogP contribution in [0.25, 0.3) is 10.9 Å². The van der Waals surface area contributed by atoms with Crippen LogP contribution in [0.3, 0.4) is 0 Å². The average Bonchev–Trinajstić information content (AvgIpc) is 3.36. The molecule has 1 saturated heterocycles. The van der Waals surface area contributed by atoms with Crippen molar-refractivity contribution in [1.82, 2.24) is 9.55 Å². The van der Waals surface area contributed by atoms with Crippen LogP contribution >= 0.6 is 11.8 Å². The van der Waals surface area contributed by atoms with Crippen molar-refractivity contribution in [3.05, 3.63) is 69.8 Å². The molecule has 1 atom stereocenters. The predicted molar refractivity (Wildman–Crippen MR) is 127 cm³/mol. The number of thioether (sulfide) groups is 1. The minimum atomic E-state index is -0.499. The number of halogens is 1. The molecule has 34 heavy (non-hydrogen) atoms. The normalized spacial score (nSPS) is 15.5. The molecule has 0 aliphatic carbocycles. The van der Waals surface area contributed by atoms with Crippen LogP contribution in [0.15, 0.2) is 52.4 Å². The Morgan fingerprint density at radius 3 is 2.68 bits per heavy atom. The van der Waals surface area contributed by atoms with Crippen LogP contribution in [0, 0.1) is 5.82 Å². The number of methoxy groups -OCH3 is 1. The fraction of sp³-hybridized carbons (Fsp3) is 0.360. The number of benzene rings is 2. The van der Waals surface area contributed by atoms with Gasteiger partial charge in [-0.2, -0.15) is 0 Å². The molecule has 2 aromatic carbocycles. The lowest BCUT2D eigenvalue weighted by Gasteiger charge is -2.16. The second kappa shape index (κ2) is 10.9. The van der Waals surface area contributed by atoms with E-state index < -0.39 is 5.97 Å². The third-order valence-corrected chi connectivity index (χ3v) is 6.76. The molecule has 0 N–H and O–H groups in total. The van der Waals surface area contributed by atoms with Crippen LogP contribution in [0.1, 0.15) is 46.4 Å². The summed E-state index contributed by atoms with van der Waals surface area (Å²) < 4.78 is 25.2. The van der Waals surface area contributed by atoms with Crippen LogP contribution in [-0.4, -0.2) is 46.9 Å². The zero-order valence-corrected chi connectivity index (χ0v) is 19.6. The molecule has 1 aromatic heterocycles. The first-order chi connectivity index (χ1) is 16.5. The zero-order chi connectivity index (χ0) is 24.1. The maximum atomic E-state index is 13.3. The summed E-state index contributed by atoms with van der Waals surface area (Å²) in [5.74, 6) is -0.381. The van der Waals surface area contributed by atoms with Crippen molar-refractivity contribution in [3.63, 3.8) is 0 Å². The molecule has 7 nitrogen and oxygen atoms in total. The minimum absolute atomic E-state index is 0.0503. The summed E-state index contributed by atoms with van der Waals surface area (Å²) in [5, 5.41) is 0.936. The number of carbonyl (C=O) groups is 2. The number of esters is 1. The van der Waals surface area contributed by atoms with Gasteiger partial charge in [0.05, 0.1) is 36.2 Å². The number of rotatable bonds is 9. The number of hydrogen-bond acceptors (Lipinski definition) is 7. The van der Waals surface area contributed by atoms with Gasteiger partial charge in [0.25, 0.3) is 5.56 Å². The van der Waals surface area contributed by atoms with Crippen LogP contribution in [0.2, 0.25) is 0 Å². The van der Waals surface area contributed by atoms with Gasteiger partial charge in [0, 0.05) is 24.3 Å². The highest BCUT2D eigenvalue weighted by molar-refractivity contribution is 7.99. The van der Waals surface area contributed by atoms with Crippen molar-refractivity contribution in [2.45, 2.75) is 43.5 Å². The summed E-state index contributed by atoms with van der Waals surface area (Å²) in [7, 11) is 1.30. The highest BCUT2D eigenvalue weighted by Gasteiger charge is 2.21. The largest absolute Gasteiger partial charge is 0.465 e. The van der Waals surface area contributed by atoms with E-state index in [1.165, 1.54) is 43.1 Å². The first-order valence-electron chi connectivity index (χ1n) is 11.1. The highest BCUT2D eigenvalue weighted by Crippen LogP contribution is 2.23. The Balaban J connectivity index is 1.54. The number of Topliss-reactive ketones (excluding diaryl/α,β-unsaturated/α-hetero) is 1. The lowest BCUT2D eigenvalue weighted by Crippen LogP contribution is -2.29. The molecule has 0 bridgehead atoms. The molecule has 1 aliphatic heterocycles. The van der Waals surface area contributed by atoms with E-state index >= 15 is 0 Å². The Kier molecular flexibility index (Phi) is 7.74. The van der Waals surface area contributed by atoms with Crippen molar-refractivity contribution < 1.29 is 23.5 Å². The number of ketones is 1. The maximum absolute atomic E-state index is 13.3. The van der Waals surface area contributed by atoms with Gasteiger partial charge in [-0.25, -0.2) is 14.2 Å². The monoisotopic (exact) mass is 484 g/mol. The van der Waals surface area contributed by atoms with Crippen molar-refractivity contribution in [3.8, 4) is 0 Å². The van der Waals surface area contributed by atoms with E-state index in [-0.39, 0.29) is 23.3 Å². The second-order valence-corrected chi connectivity index (χ2v) is 9.11. The first kappa shape index (κ1) is 24.1. The molecular formula is C25H25FN2O5S. The van der Waals surface area contributed by atoms with E-state index in [1.807, 2.05) is 0 Å². The average molecular weight is 485 g/mol. The molecule has 2 heterocycles. The topological polar surface area (TPSA) is 87.5 Å². The fourth-order valence-electron chi connectivity index (χ4n) is 3.88. The molecule has 1 fully saturated rings. The summed E-state index contributed by atoms with van der Waals surface area (Å²) in [6.07, 6.45) is 2.65. The van der Waals surface area contributed by atoms with E-state index in [0.29, 0.717) is 58.9 Å². The van der Waals surface area contributed by atoms with E-state index in [2.05, 4.69) is 4.98 Å². The number of carbonyl (C=O) groups excluding carboxylic acids is 2. The van der Waals surface area contributed by atoms with E-state index in [1.54, 1.807) is 22.8 Å². The summed E-state index contributed by atoms with van der Waals surface area (Å²) >= 11 is 1.39. The van der Waals surface area contributed by atoms with Crippen LogP contribution in [-0.2, 0) is 16.0 Å². The molecular weight excluding hydrogens is 459 g/mol. The summed E-state index contributed by atoms with van der Waals surface area (Å²) in [6, 6.07) is 10.2. The third-order valence-electron chi connectivity index (χ3n) is 5.70. The Labute approximate surface area is 200 Å². The van der Waals surface area contributed by atoms with Crippen molar-refractivity contribution in [2.75, 3.05) is 19.5 Å². The van der Waals surface area contributed by atoms with Gasteiger partial charge >= 0.3 is 5.97 Å². The van der Waals surface area contributed by atoms with Gasteiger partial charge in [-0.05, 0) is 61.7 Å². The number of fused-ring (bicyclic) bond motifs is 1. The van der Waals surface area contributed by atoms with Gasteiger partial charge in [-0.3, -0.25) is 14.2 Å². The molecule has 0 amide bonds. The highest BCUT2D eigenvalue weighted by atomic mass is 32.2. The molecule has 0 saturated carbocycles. The molecule has 1 unspecified atom stereocenters. The van der Waals surface area contributed by atoms with Crippen molar-refractivity contribution in [1.29, 1.82) is 0 Å². The molecule has 0 radical (unpaired) electrons. The molecule has 0 spiro atoms. The van der Waals surface area contributed by atoms with E-state index in [0.717, 1.165) is 12.8 Å². The molecule has 1 aliphatic rings. The second-order valence-electron chi connectivity index (χ2n) is 8.05. The SMILES string of the molecule is COC(=O)c1ccc2c(=O)n(CC3CCCO3)c(SCCCC(=O)c3ccc(F)cc3)nc2c1. The standard InChI is InChI=1S/C25H25FN2O5S/c1-32-24(31)17-8-11-20-21(14-17)27-25(28(23(20)30)15-19-4-2-12-33-19)34-13-3-5-22(29)16-6-9-18(26)10-7-16/h6-11,14,19H,2-5,12-13,15H2,1H3. The lowest BCUT2D eigenvalue weighted by atomic mass is 10.1. The number of ether oxygens (including phenoxy) is 2. The predicted octanol–water partition coefficient (Wildman–Crippen LogP) is 4.26. The van der Waals surface area contributed by atoms with Gasteiger partial charge in [0.2, 0.25) is 0 Å². The molecule has 4 rings (SSSR count). The fourth-order valence-corrected chi connectivity index (χ4v) is 4.83. The Morgan fingerprint density at radius 2 is 1.97 bits per heavy atom. The molecule has 9 heteroatoms. The third kappa shape index (κ3) is 5.53. The summed E-state index contributed by atoms with van der Waals surface area (Å²) in [5.41, 5.74) is 1.02. The van der Waals surface area contributed by atoms with Crippen molar-refractivity contribution in [2.24, 2.45) is 0 Å². The smallest absolute Gasteiger partial charge is 0.337 e. The summed E-state index contributed by atoms with van der Waals surface area (Å²) in [4.78, 5) is 42.3. The Hall–Kier alpha value is -3.04. The quantitative estimate of drug-likeness (QED) is 0.147. The van der Waals surface area contributed by atoms with Gasteiger partial charge in [-0.1, -0.05) is 11.8 Å². The minimum Gasteiger partial charge on any atom is -0.465 e. The first-order valence-corrected chi connectivity index (χ1v) is 12.1. The lowest BCUT2D eigenvalue weighted by molar-refractivity contribution is 0.0600. The number of hydrogen-bond donors (Lipinski definition) is 0. The Morgan fingerprint density at radius 1 is 1.21 bits per heavy atom. The molecule has 178 valence electrons. The van der Waals surface area contributed by atoms with E-state index in [4.69, 9.17) is 9.47 Å². The van der Waals surface area contributed by atoms with Gasteiger partial charge in [-0.15, -0.1) is 0 Å².